The Hall–Kier alpha value is -1.14. The van der Waals surface area contributed by atoms with Crippen molar-refractivity contribution in [2.45, 2.75) is 78.4 Å². The van der Waals surface area contributed by atoms with E-state index in [4.69, 9.17) is 9.97 Å². The summed E-state index contributed by atoms with van der Waals surface area (Å²) in [6, 6.07) is 0.415. The van der Waals surface area contributed by atoms with Gasteiger partial charge >= 0.3 is 0 Å². The molecule has 2 rings (SSSR count). The number of thioether (sulfide) groups is 1. The molecule has 0 N–H and O–H groups in total. The molecule has 2 aromatic heterocycles. The maximum atomic E-state index is 12.7. The largest absolute Gasteiger partial charge is 0.337 e. The van der Waals surface area contributed by atoms with Crippen molar-refractivity contribution in [3.63, 3.8) is 0 Å². The van der Waals surface area contributed by atoms with Crippen LogP contribution in [0, 0.1) is 13.8 Å². The van der Waals surface area contributed by atoms with Gasteiger partial charge < -0.3 is 4.90 Å². The van der Waals surface area contributed by atoms with E-state index in [1.165, 1.54) is 10.4 Å². The molecule has 2 heterocycles. The molecule has 0 saturated carbocycles. The van der Waals surface area contributed by atoms with E-state index in [-0.39, 0.29) is 18.0 Å². The summed E-state index contributed by atoms with van der Waals surface area (Å²) >= 11 is 3.28. The van der Waals surface area contributed by atoms with Crippen LogP contribution >= 0.6 is 23.1 Å². The number of hydrogen-bond donors (Lipinski definition) is 0. The minimum Gasteiger partial charge on any atom is -0.337 e. The maximum Gasteiger partial charge on any atom is 0.233 e. The minimum atomic E-state index is 0.170. The van der Waals surface area contributed by atoms with Crippen LogP contribution in [0.15, 0.2) is 5.03 Å². The van der Waals surface area contributed by atoms with Crippen LogP contribution in [0.25, 0.3) is 10.2 Å². The molecule has 0 atom stereocenters. The van der Waals surface area contributed by atoms with Gasteiger partial charge in [-0.2, -0.15) is 0 Å². The molecule has 1 amide bonds. The van der Waals surface area contributed by atoms with Gasteiger partial charge in [-0.1, -0.05) is 18.7 Å². The fourth-order valence-electron chi connectivity index (χ4n) is 3.07. The molecule has 0 aliphatic rings. The van der Waals surface area contributed by atoms with Crippen LogP contribution in [0.2, 0.25) is 0 Å². The van der Waals surface area contributed by atoms with Crippen molar-refractivity contribution >= 4 is 39.2 Å². The Labute approximate surface area is 159 Å². The molecule has 0 aliphatic heterocycles. The van der Waals surface area contributed by atoms with Crippen molar-refractivity contribution < 1.29 is 4.79 Å². The number of rotatable bonds is 7. The number of carbonyl (C=O) groups excluding carboxylic acids is 1. The molecule has 0 bridgehead atoms. The number of aromatic nitrogens is 2. The molecule has 2 aromatic rings. The second-order valence-electron chi connectivity index (χ2n) is 6.94. The third-order valence-electron chi connectivity index (χ3n) is 4.25. The first-order chi connectivity index (χ1) is 11.8. The SMILES string of the molecule is CCCc1nc(SCC(=O)N(C(C)C)C(C)C)c2c(C)c(C)sc2n1. The smallest absolute Gasteiger partial charge is 0.233 e. The van der Waals surface area contributed by atoms with Crippen LogP contribution in [-0.2, 0) is 11.2 Å². The van der Waals surface area contributed by atoms with Gasteiger partial charge in [0, 0.05) is 28.8 Å². The Balaban J connectivity index is 2.31. The Morgan fingerprint density at radius 2 is 1.80 bits per heavy atom. The van der Waals surface area contributed by atoms with Gasteiger partial charge in [0.1, 0.15) is 15.7 Å². The number of nitrogens with zero attached hydrogens (tertiary/aromatic N) is 3. The summed E-state index contributed by atoms with van der Waals surface area (Å²) in [6.07, 6.45) is 1.89. The predicted octanol–water partition coefficient (Wildman–Crippen LogP) is 5.00. The lowest BCUT2D eigenvalue weighted by molar-refractivity contribution is -0.131. The van der Waals surface area contributed by atoms with Crippen molar-refractivity contribution in [1.82, 2.24) is 14.9 Å². The van der Waals surface area contributed by atoms with Crippen molar-refractivity contribution in [3.8, 4) is 0 Å². The van der Waals surface area contributed by atoms with Gasteiger partial charge in [0.2, 0.25) is 5.91 Å². The highest BCUT2D eigenvalue weighted by molar-refractivity contribution is 8.00. The van der Waals surface area contributed by atoms with E-state index in [2.05, 4.69) is 48.5 Å². The number of aryl methyl sites for hydroxylation is 3. The molecule has 0 spiro atoms. The summed E-state index contributed by atoms with van der Waals surface area (Å²) in [6.45, 7) is 14.7. The van der Waals surface area contributed by atoms with Gasteiger partial charge in [0.25, 0.3) is 0 Å². The van der Waals surface area contributed by atoms with Crippen molar-refractivity contribution in [2.24, 2.45) is 0 Å². The van der Waals surface area contributed by atoms with Gasteiger partial charge in [-0.3, -0.25) is 4.79 Å². The predicted molar refractivity (Wildman–Crippen MR) is 109 cm³/mol. The zero-order chi connectivity index (χ0) is 18.7. The summed E-state index contributed by atoms with van der Waals surface area (Å²) in [4.78, 5) is 26.5. The second-order valence-corrected chi connectivity index (χ2v) is 9.10. The molecule has 0 radical (unpaired) electrons. The van der Waals surface area contributed by atoms with Gasteiger partial charge in [-0.05, 0) is 53.5 Å². The second kappa shape index (κ2) is 8.49. The van der Waals surface area contributed by atoms with Crippen molar-refractivity contribution in [3.05, 3.63) is 16.3 Å². The van der Waals surface area contributed by atoms with Gasteiger partial charge in [-0.15, -0.1) is 11.3 Å². The van der Waals surface area contributed by atoms with Gasteiger partial charge in [0.15, 0.2) is 0 Å². The lowest BCUT2D eigenvalue weighted by Crippen LogP contribution is -2.43. The fourth-order valence-corrected chi connectivity index (χ4v) is 5.16. The summed E-state index contributed by atoms with van der Waals surface area (Å²) in [5.41, 5.74) is 1.24. The molecule has 0 aliphatic carbocycles. The van der Waals surface area contributed by atoms with Crippen LogP contribution in [0.1, 0.15) is 57.3 Å². The zero-order valence-corrected chi connectivity index (χ0v) is 18.0. The number of amides is 1. The molecule has 6 heteroatoms. The third-order valence-corrected chi connectivity index (χ3v) is 6.31. The third kappa shape index (κ3) is 4.53. The summed E-state index contributed by atoms with van der Waals surface area (Å²) < 4.78 is 0. The lowest BCUT2D eigenvalue weighted by Gasteiger charge is -2.30. The highest BCUT2D eigenvalue weighted by Crippen LogP contribution is 2.35. The van der Waals surface area contributed by atoms with Gasteiger partial charge in [-0.25, -0.2) is 9.97 Å². The molecule has 0 saturated heterocycles. The molecule has 4 nitrogen and oxygen atoms in total. The first-order valence-corrected chi connectivity index (χ1v) is 10.8. The molecular weight excluding hydrogens is 350 g/mol. The normalized spacial score (nSPS) is 11.7. The van der Waals surface area contributed by atoms with Crippen molar-refractivity contribution in [2.75, 3.05) is 5.75 Å². The average molecular weight is 380 g/mol. The number of hydrogen-bond acceptors (Lipinski definition) is 5. The van der Waals surface area contributed by atoms with E-state index >= 15 is 0 Å². The van der Waals surface area contributed by atoms with E-state index in [9.17, 15) is 4.79 Å². The highest BCUT2D eigenvalue weighted by Gasteiger charge is 2.22. The summed E-state index contributed by atoms with van der Waals surface area (Å²) in [7, 11) is 0. The molecular formula is C19H29N3OS2. The Bertz CT molecular complexity index is 745. The molecule has 138 valence electrons. The average Bonchev–Trinajstić information content (AvgIpc) is 2.79. The fraction of sp³-hybridized carbons (Fsp3) is 0.632. The van der Waals surface area contributed by atoms with E-state index in [0.29, 0.717) is 5.75 Å². The summed E-state index contributed by atoms with van der Waals surface area (Å²) in [5.74, 6) is 1.47. The highest BCUT2D eigenvalue weighted by atomic mass is 32.2. The van der Waals surface area contributed by atoms with E-state index < -0.39 is 0 Å². The van der Waals surface area contributed by atoms with Crippen LogP contribution in [0.5, 0.6) is 0 Å². The first-order valence-electron chi connectivity index (χ1n) is 8.96. The Morgan fingerprint density at radius 1 is 1.16 bits per heavy atom. The Kier molecular flexibility index (Phi) is 6.86. The topological polar surface area (TPSA) is 46.1 Å². The zero-order valence-electron chi connectivity index (χ0n) is 16.3. The number of carbonyl (C=O) groups is 1. The van der Waals surface area contributed by atoms with Crippen LogP contribution in [0.4, 0.5) is 0 Å². The number of thiophene rings is 1. The van der Waals surface area contributed by atoms with Crippen LogP contribution < -0.4 is 0 Å². The van der Waals surface area contributed by atoms with Gasteiger partial charge in [0.05, 0.1) is 5.75 Å². The van der Waals surface area contributed by atoms with Crippen LogP contribution in [0.3, 0.4) is 0 Å². The monoisotopic (exact) mass is 379 g/mol. The number of fused-ring (bicyclic) bond motifs is 1. The molecule has 0 aromatic carbocycles. The minimum absolute atomic E-state index is 0.170. The van der Waals surface area contributed by atoms with E-state index in [1.807, 2.05) is 4.90 Å². The van der Waals surface area contributed by atoms with E-state index in [1.54, 1.807) is 23.1 Å². The lowest BCUT2D eigenvalue weighted by atomic mass is 10.2. The van der Waals surface area contributed by atoms with E-state index in [0.717, 1.165) is 33.9 Å². The molecule has 25 heavy (non-hydrogen) atoms. The quantitative estimate of drug-likeness (QED) is 0.502. The van der Waals surface area contributed by atoms with Crippen molar-refractivity contribution in [1.29, 1.82) is 0 Å². The van der Waals surface area contributed by atoms with Crippen LogP contribution in [-0.4, -0.2) is 38.6 Å². The molecule has 0 fully saturated rings. The maximum absolute atomic E-state index is 12.7. The summed E-state index contributed by atoms with van der Waals surface area (Å²) in [5, 5.41) is 2.08. The Morgan fingerprint density at radius 3 is 2.36 bits per heavy atom. The standard InChI is InChI=1S/C19H29N3OS2/c1-8-9-15-20-18(17-13(6)14(7)25-19(17)21-15)24-10-16(23)22(11(2)3)12(4)5/h11-12H,8-10H2,1-7H3. The first kappa shape index (κ1) is 20.2. The molecule has 0 unspecified atom stereocenters.